The second-order valence-corrected chi connectivity index (χ2v) is 7.89. The van der Waals surface area contributed by atoms with Crippen molar-refractivity contribution in [2.24, 2.45) is 5.92 Å². The van der Waals surface area contributed by atoms with Crippen LogP contribution in [0, 0.1) is 17.2 Å². The normalized spacial score (nSPS) is 16.8. The summed E-state index contributed by atoms with van der Waals surface area (Å²) in [6.07, 6.45) is -2.99. The zero-order chi connectivity index (χ0) is 21.0. The molecular formula is C19H19F3N4O2S. The number of nitrogens with zero attached hydrogens (tertiary/aromatic N) is 3. The van der Waals surface area contributed by atoms with Crippen LogP contribution in [0.4, 0.5) is 13.2 Å². The highest BCUT2D eigenvalue weighted by Crippen LogP contribution is 2.29. The number of thiazole rings is 1. The molecule has 29 heavy (non-hydrogen) atoms. The minimum absolute atomic E-state index is 0.0898. The number of halogens is 3. The Kier molecular flexibility index (Phi) is 6.84. The average molecular weight is 424 g/mol. The van der Waals surface area contributed by atoms with E-state index in [0.717, 1.165) is 28.5 Å². The Morgan fingerprint density at radius 2 is 2.07 bits per heavy atom. The zero-order valence-corrected chi connectivity index (χ0v) is 16.1. The van der Waals surface area contributed by atoms with Gasteiger partial charge in [0.1, 0.15) is 17.8 Å². The molecule has 0 unspecified atom stereocenters. The van der Waals surface area contributed by atoms with Crippen molar-refractivity contribution >= 4 is 17.2 Å². The number of aliphatic hydroxyl groups excluding tert-OH is 1. The van der Waals surface area contributed by atoms with Gasteiger partial charge in [0.25, 0.3) is 5.91 Å². The first kappa shape index (κ1) is 21.2. The van der Waals surface area contributed by atoms with Gasteiger partial charge in [-0.2, -0.15) is 14.0 Å². The molecule has 0 bridgehead atoms. The summed E-state index contributed by atoms with van der Waals surface area (Å²) in [4.78, 5) is 18.5. The van der Waals surface area contributed by atoms with Crippen LogP contribution in [0.2, 0.25) is 0 Å². The Morgan fingerprint density at radius 3 is 2.66 bits per heavy atom. The molecule has 3 rings (SSSR count). The van der Waals surface area contributed by atoms with Gasteiger partial charge in [0, 0.05) is 19.3 Å². The molecule has 1 fully saturated rings. The van der Waals surface area contributed by atoms with Gasteiger partial charge in [-0.15, -0.1) is 11.3 Å². The van der Waals surface area contributed by atoms with Crippen LogP contribution in [0.5, 0.6) is 0 Å². The predicted molar refractivity (Wildman–Crippen MR) is 101 cm³/mol. The quantitative estimate of drug-likeness (QED) is 0.680. The molecule has 0 radical (unpaired) electrons. The number of hydrogen-bond acceptors (Lipinski definition) is 6. The predicted octanol–water partition coefficient (Wildman–Crippen LogP) is 2.52. The maximum atomic E-state index is 13.1. The maximum absolute atomic E-state index is 13.1. The SMILES string of the molecule is N#CC1CN(Cc2ncc(-c3ccc([C@@H](O)[C@@H](CF)NC(=O)C(F)F)cc3)s2)C1. The summed E-state index contributed by atoms with van der Waals surface area (Å²) >= 11 is 1.51. The molecule has 1 aliphatic heterocycles. The van der Waals surface area contributed by atoms with Crippen LogP contribution < -0.4 is 5.32 Å². The van der Waals surface area contributed by atoms with E-state index in [2.05, 4.69) is 16.0 Å². The number of benzene rings is 1. The van der Waals surface area contributed by atoms with E-state index in [0.29, 0.717) is 12.1 Å². The highest BCUT2D eigenvalue weighted by Gasteiger charge is 2.28. The van der Waals surface area contributed by atoms with Crippen LogP contribution in [0.25, 0.3) is 10.4 Å². The lowest BCUT2D eigenvalue weighted by Gasteiger charge is -2.34. The molecule has 1 amide bonds. The van der Waals surface area contributed by atoms with Gasteiger partial charge in [0.2, 0.25) is 0 Å². The fourth-order valence-electron chi connectivity index (χ4n) is 3.01. The molecular weight excluding hydrogens is 405 g/mol. The topological polar surface area (TPSA) is 89.2 Å². The molecule has 0 aliphatic carbocycles. The standard InChI is InChI=1S/C19H19F3N4O2S/c20-5-14(25-19(28)18(21)22)17(27)13-3-1-12(2-4-13)15-7-24-16(29-15)10-26-8-11(6-23)9-26/h1-4,7,11,14,17-18,27H,5,8-10H2,(H,25,28)/t14-,17-/m1/s1. The molecule has 0 saturated carbocycles. The molecule has 2 N–H and O–H groups in total. The van der Waals surface area contributed by atoms with Crippen LogP contribution in [0.15, 0.2) is 30.5 Å². The summed E-state index contributed by atoms with van der Waals surface area (Å²) in [6.45, 7) is 0.996. The van der Waals surface area contributed by atoms with Gasteiger partial charge in [-0.3, -0.25) is 9.69 Å². The van der Waals surface area contributed by atoms with Crippen molar-refractivity contribution < 1.29 is 23.1 Å². The van der Waals surface area contributed by atoms with Gasteiger partial charge in [-0.25, -0.2) is 9.37 Å². The molecule has 1 aromatic carbocycles. The number of aromatic nitrogens is 1. The molecule has 2 heterocycles. The van der Waals surface area contributed by atoms with E-state index in [9.17, 15) is 23.1 Å². The lowest BCUT2D eigenvalue weighted by Crippen LogP contribution is -2.45. The number of hydrogen-bond donors (Lipinski definition) is 2. The number of likely N-dealkylation sites (tertiary alicyclic amines) is 1. The second-order valence-electron chi connectivity index (χ2n) is 6.78. The van der Waals surface area contributed by atoms with Crippen molar-refractivity contribution in [2.75, 3.05) is 19.8 Å². The van der Waals surface area contributed by atoms with Gasteiger partial charge in [-0.05, 0) is 11.1 Å². The summed E-state index contributed by atoms with van der Waals surface area (Å²) in [5.41, 5.74) is 1.15. The third-order valence-corrected chi connectivity index (χ3v) is 5.69. The molecule has 2 atom stereocenters. The first-order valence-electron chi connectivity index (χ1n) is 8.90. The summed E-state index contributed by atoms with van der Waals surface area (Å²) < 4.78 is 37.8. The Morgan fingerprint density at radius 1 is 1.38 bits per heavy atom. The molecule has 6 nitrogen and oxygen atoms in total. The smallest absolute Gasteiger partial charge is 0.315 e. The van der Waals surface area contributed by atoms with Gasteiger partial charge in [-0.1, -0.05) is 24.3 Å². The number of carbonyl (C=O) groups is 1. The summed E-state index contributed by atoms with van der Waals surface area (Å²) in [7, 11) is 0. The molecule has 1 saturated heterocycles. The number of nitriles is 1. The van der Waals surface area contributed by atoms with Crippen molar-refractivity contribution in [2.45, 2.75) is 25.1 Å². The van der Waals surface area contributed by atoms with Crippen molar-refractivity contribution in [3.05, 3.63) is 41.0 Å². The fraction of sp³-hybridized carbons (Fsp3) is 0.421. The van der Waals surface area contributed by atoms with E-state index in [4.69, 9.17) is 5.26 Å². The van der Waals surface area contributed by atoms with E-state index >= 15 is 0 Å². The number of rotatable bonds is 8. The van der Waals surface area contributed by atoms with Crippen molar-refractivity contribution in [1.82, 2.24) is 15.2 Å². The van der Waals surface area contributed by atoms with Gasteiger partial charge in [0.05, 0.1) is 29.5 Å². The lowest BCUT2D eigenvalue weighted by molar-refractivity contribution is -0.133. The molecule has 154 valence electrons. The Hall–Kier alpha value is -2.48. The maximum Gasteiger partial charge on any atom is 0.315 e. The fourth-order valence-corrected chi connectivity index (χ4v) is 3.98. The van der Waals surface area contributed by atoms with E-state index in [1.807, 2.05) is 0 Å². The third kappa shape index (κ3) is 5.12. The minimum Gasteiger partial charge on any atom is -0.386 e. The monoisotopic (exact) mass is 424 g/mol. The van der Waals surface area contributed by atoms with Gasteiger partial charge >= 0.3 is 6.43 Å². The Labute approximate surface area is 169 Å². The molecule has 0 spiro atoms. The highest BCUT2D eigenvalue weighted by molar-refractivity contribution is 7.15. The first-order chi connectivity index (χ1) is 13.9. The minimum atomic E-state index is -3.28. The number of aliphatic hydroxyl groups is 1. The molecule has 2 aromatic rings. The van der Waals surface area contributed by atoms with E-state index < -0.39 is 31.2 Å². The Balaban J connectivity index is 1.62. The van der Waals surface area contributed by atoms with Crippen LogP contribution in [0.3, 0.4) is 0 Å². The highest BCUT2D eigenvalue weighted by atomic mass is 32.1. The van der Waals surface area contributed by atoms with Crippen LogP contribution in [0.1, 0.15) is 16.7 Å². The molecule has 1 aliphatic rings. The lowest BCUT2D eigenvalue weighted by atomic mass is 10.0. The number of alkyl halides is 3. The number of carbonyl (C=O) groups excluding carboxylic acids is 1. The first-order valence-corrected chi connectivity index (χ1v) is 9.72. The largest absolute Gasteiger partial charge is 0.386 e. The summed E-state index contributed by atoms with van der Waals surface area (Å²) in [6, 6.07) is 7.33. The van der Waals surface area contributed by atoms with Crippen molar-refractivity contribution in [3.63, 3.8) is 0 Å². The Bertz CT molecular complexity index is 878. The molecule has 1 aromatic heterocycles. The van der Waals surface area contributed by atoms with Gasteiger partial charge in [0.15, 0.2) is 0 Å². The van der Waals surface area contributed by atoms with Crippen molar-refractivity contribution in [3.8, 4) is 16.5 Å². The molecule has 10 heteroatoms. The third-order valence-electron chi connectivity index (χ3n) is 4.66. The second kappa shape index (κ2) is 9.35. The number of nitrogens with one attached hydrogen (secondary N) is 1. The van der Waals surface area contributed by atoms with Crippen LogP contribution in [-0.2, 0) is 11.3 Å². The van der Waals surface area contributed by atoms with E-state index in [-0.39, 0.29) is 5.92 Å². The van der Waals surface area contributed by atoms with E-state index in [1.54, 1.807) is 35.8 Å². The van der Waals surface area contributed by atoms with E-state index in [1.165, 1.54) is 11.3 Å². The summed E-state index contributed by atoms with van der Waals surface area (Å²) in [5, 5.41) is 21.8. The van der Waals surface area contributed by atoms with Crippen molar-refractivity contribution in [1.29, 1.82) is 5.26 Å². The van der Waals surface area contributed by atoms with Crippen LogP contribution >= 0.6 is 11.3 Å². The van der Waals surface area contributed by atoms with Gasteiger partial charge < -0.3 is 10.4 Å². The summed E-state index contributed by atoms with van der Waals surface area (Å²) in [5.74, 6) is -1.53. The van der Waals surface area contributed by atoms with Crippen LogP contribution in [-0.4, -0.2) is 53.1 Å². The zero-order valence-electron chi connectivity index (χ0n) is 15.3. The number of amides is 1. The average Bonchev–Trinajstić information content (AvgIpc) is 3.16.